The third-order valence-corrected chi connectivity index (χ3v) is 2.48. The van der Waals surface area contributed by atoms with Crippen molar-refractivity contribution in [3.63, 3.8) is 0 Å². The molecule has 14 heavy (non-hydrogen) atoms. The van der Waals surface area contributed by atoms with Crippen LogP contribution in [0.15, 0.2) is 0 Å². The smallest absolute Gasteiger partial charge is 0.238 e. The molecule has 1 aliphatic rings. The molecular formula is C10H21N3O. The van der Waals surface area contributed by atoms with Gasteiger partial charge in [-0.3, -0.25) is 4.79 Å². The van der Waals surface area contributed by atoms with Crippen molar-refractivity contribution in [1.29, 1.82) is 0 Å². The van der Waals surface area contributed by atoms with Crippen LogP contribution < -0.4 is 10.7 Å². The van der Waals surface area contributed by atoms with Crippen molar-refractivity contribution in [2.45, 2.75) is 39.2 Å². The molecule has 0 saturated carbocycles. The van der Waals surface area contributed by atoms with E-state index in [1.165, 1.54) is 19.3 Å². The molecule has 0 aromatic rings. The van der Waals surface area contributed by atoms with Crippen molar-refractivity contribution in [2.75, 3.05) is 19.6 Å². The Kier molecular flexibility index (Phi) is 4.90. The zero-order chi connectivity index (χ0) is 10.4. The molecule has 1 aliphatic heterocycles. The maximum atomic E-state index is 11.4. The maximum Gasteiger partial charge on any atom is 0.238 e. The molecule has 1 amide bonds. The van der Waals surface area contributed by atoms with Gasteiger partial charge in [-0.05, 0) is 26.7 Å². The molecule has 1 saturated heterocycles. The van der Waals surface area contributed by atoms with Crippen LogP contribution in [-0.4, -0.2) is 36.6 Å². The first kappa shape index (κ1) is 11.5. The lowest BCUT2D eigenvalue weighted by molar-refractivity contribution is -0.124. The Bertz CT molecular complexity index is 178. The average Bonchev–Trinajstić information content (AvgIpc) is 2.19. The Balaban J connectivity index is 2.24. The number of hydrazine groups is 1. The molecule has 0 aromatic heterocycles. The molecule has 1 fully saturated rings. The van der Waals surface area contributed by atoms with Crippen molar-refractivity contribution in [2.24, 2.45) is 0 Å². The highest BCUT2D eigenvalue weighted by Crippen LogP contribution is 2.06. The second kappa shape index (κ2) is 5.98. The monoisotopic (exact) mass is 199 g/mol. The first-order chi connectivity index (χ1) is 6.74. The van der Waals surface area contributed by atoms with Gasteiger partial charge in [-0.25, -0.2) is 10.4 Å². The van der Waals surface area contributed by atoms with Crippen molar-refractivity contribution in [1.82, 2.24) is 15.8 Å². The summed E-state index contributed by atoms with van der Waals surface area (Å²) < 4.78 is 0. The molecule has 4 nitrogen and oxygen atoms in total. The van der Waals surface area contributed by atoms with Gasteiger partial charge in [0.05, 0.1) is 6.04 Å². The summed E-state index contributed by atoms with van der Waals surface area (Å²) in [6.07, 6.45) is 3.78. The SMILES string of the molecule is CCNC(=O)C(C)NN1CCCCC1. The van der Waals surface area contributed by atoms with E-state index in [-0.39, 0.29) is 11.9 Å². The fourth-order valence-corrected chi connectivity index (χ4v) is 1.68. The lowest BCUT2D eigenvalue weighted by atomic mass is 10.2. The van der Waals surface area contributed by atoms with E-state index in [9.17, 15) is 4.79 Å². The van der Waals surface area contributed by atoms with Crippen LogP contribution in [0.5, 0.6) is 0 Å². The van der Waals surface area contributed by atoms with Crippen LogP contribution >= 0.6 is 0 Å². The molecule has 0 aromatic carbocycles. The van der Waals surface area contributed by atoms with E-state index in [0.29, 0.717) is 6.54 Å². The summed E-state index contributed by atoms with van der Waals surface area (Å²) >= 11 is 0. The summed E-state index contributed by atoms with van der Waals surface area (Å²) in [4.78, 5) is 11.4. The minimum Gasteiger partial charge on any atom is -0.355 e. The van der Waals surface area contributed by atoms with Crippen LogP contribution in [0.25, 0.3) is 0 Å². The second-order valence-electron chi connectivity index (χ2n) is 3.79. The molecule has 2 N–H and O–H groups in total. The van der Waals surface area contributed by atoms with Gasteiger partial charge in [-0.15, -0.1) is 0 Å². The Hall–Kier alpha value is -0.610. The molecule has 1 heterocycles. The van der Waals surface area contributed by atoms with Crippen molar-refractivity contribution in [3.05, 3.63) is 0 Å². The molecule has 82 valence electrons. The highest BCUT2D eigenvalue weighted by molar-refractivity contribution is 5.81. The van der Waals surface area contributed by atoms with Crippen LogP contribution in [0, 0.1) is 0 Å². The summed E-state index contributed by atoms with van der Waals surface area (Å²) in [6, 6.07) is -0.118. The predicted octanol–water partition coefficient (Wildman–Crippen LogP) is 0.501. The zero-order valence-corrected chi connectivity index (χ0v) is 9.18. The molecule has 0 bridgehead atoms. The summed E-state index contributed by atoms with van der Waals surface area (Å²) in [5.41, 5.74) is 3.22. The van der Waals surface area contributed by atoms with Gasteiger partial charge < -0.3 is 5.32 Å². The number of hydrogen-bond acceptors (Lipinski definition) is 3. The fourth-order valence-electron chi connectivity index (χ4n) is 1.68. The number of rotatable bonds is 4. The Labute approximate surface area is 86.0 Å². The van der Waals surface area contributed by atoms with E-state index in [1.807, 2.05) is 13.8 Å². The van der Waals surface area contributed by atoms with E-state index in [0.717, 1.165) is 13.1 Å². The fraction of sp³-hybridized carbons (Fsp3) is 0.900. The summed E-state index contributed by atoms with van der Waals surface area (Å²) in [5.74, 6) is 0.0815. The van der Waals surface area contributed by atoms with Crippen LogP contribution in [-0.2, 0) is 4.79 Å². The summed E-state index contributed by atoms with van der Waals surface area (Å²) in [6.45, 7) is 6.66. The lowest BCUT2D eigenvalue weighted by Gasteiger charge is -2.29. The number of carbonyl (C=O) groups is 1. The highest BCUT2D eigenvalue weighted by Gasteiger charge is 2.16. The highest BCUT2D eigenvalue weighted by atomic mass is 16.2. The molecule has 0 aliphatic carbocycles. The largest absolute Gasteiger partial charge is 0.355 e. The van der Waals surface area contributed by atoms with Crippen LogP contribution in [0.4, 0.5) is 0 Å². The van der Waals surface area contributed by atoms with Gasteiger partial charge in [-0.1, -0.05) is 6.42 Å². The lowest BCUT2D eigenvalue weighted by Crippen LogP contribution is -2.52. The minimum absolute atomic E-state index is 0.0815. The van der Waals surface area contributed by atoms with E-state index in [4.69, 9.17) is 0 Å². The number of amides is 1. The van der Waals surface area contributed by atoms with Crippen LogP contribution in [0.1, 0.15) is 33.1 Å². The zero-order valence-electron chi connectivity index (χ0n) is 9.18. The van der Waals surface area contributed by atoms with Gasteiger partial charge in [0.1, 0.15) is 0 Å². The van der Waals surface area contributed by atoms with Gasteiger partial charge in [-0.2, -0.15) is 0 Å². The molecular weight excluding hydrogens is 178 g/mol. The first-order valence-corrected chi connectivity index (χ1v) is 5.53. The molecule has 4 heteroatoms. The molecule has 1 rings (SSSR count). The third-order valence-electron chi connectivity index (χ3n) is 2.48. The Morgan fingerprint density at radius 3 is 2.57 bits per heavy atom. The van der Waals surface area contributed by atoms with Crippen LogP contribution in [0.2, 0.25) is 0 Å². The number of piperidine rings is 1. The van der Waals surface area contributed by atoms with Crippen LogP contribution in [0.3, 0.4) is 0 Å². The molecule has 1 unspecified atom stereocenters. The Morgan fingerprint density at radius 1 is 1.36 bits per heavy atom. The van der Waals surface area contributed by atoms with Gasteiger partial charge in [0, 0.05) is 19.6 Å². The standard InChI is InChI=1S/C10H21N3O/c1-3-11-10(14)9(2)12-13-7-5-4-6-8-13/h9,12H,3-8H2,1-2H3,(H,11,14). The quantitative estimate of drug-likeness (QED) is 0.693. The number of likely N-dealkylation sites (N-methyl/N-ethyl adjacent to an activating group) is 1. The second-order valence-corrected chi connectivity index (χ2v) is 3.79. The van der Waals surface area contributed by atoms with Gasteiger partial charge in [0.25, 0.3) is 0 Å². The molecule has 1 atom stereocenters. The van der Waals surface area contributed by atoms with Crippen molar-refractivity contribution < 1.29 is 4.79 Å². The predicted molar refractivity (Wildman–Crippen MR) is 56.7 cm³/mol. The van der Waals surface area contributed by atoms with E-state index >= 15 is 0 Å². The van der Waals surface area contributed by atoms with Gasteiger partial charge in [0.2, 0.25) is 5.91 Å². The topological polar surface area (TPSA) is 44.4 Å². The van der Waals surface area contributed by atoms with Gasteiger partial charge in [0.15, 0.2) is 0 Å². The number of hydrogen-bond donors (Lipinski definition) is 2. The first-order valence-electron chi connectivity index (χ1n) is 5.53. The normalized spacial score (nSPS) is 20.4. The summed E-state index contributed by atoms with van der Waals surface area (Å²) in [7, 11) is 0. The van der Waals surface area contributed by atoms with E-state index < -0.39 is 0 Å². The van der Waals surface area contributed by atoms with E-state index in [2.05, 4.69) is 15.8 Å². The molecule has 0 spiro atoms. The maximum absolute atomic E-state index is 11.4. The molecule has 0 radical (unpaired) electrons. The number of carbonyl (C=O) groups excluding carboxylic acids is 1. The van der Waals surface area contributed by atoms with E-state index in [1.54, 1.807) is 0 Å². The van der Waals surface area contributed by atoms with Crippen molar-refractivity contribution in [3.8, 4) is 0 Å². The summed E-state index contributed by atoms with van der Waals surface area (Å²) in [5, 5.41) is 4.96. The average molecular weight is 199 g/mol. The Morgan fingerprint density at radius 2 is 2.00 bits per heavy atom. The van der Waals surface area contributed by atoms with Gasteiger partial charge >= 0.3 is 0 Å². The minimum atomic E-state index is -0.118. The van der Waals surface area contributed by atoms with Crippen molar-refractivity contribution >= 4 is 5.91 Å². The number of nitrogens with one attached hydrogen (secondary N) is 2. The third kappa shape index (κ3) is 3.64. The number of nitrogens with zero attached hydrogens (tertiary/aromatic N) is 1.